The molecule has 2 heteroatoms. The molecule has 0 fully saturated rings. The largest absolute Gasteiger partial charge is 0.324 e. The molecule has 0 aromatic heterocycles. The van der Waals surface area contributed by atoms with Gasteiger partial charge in [0.05, 0.1) is 7.14 Å². The fourth-order valence-corrected chi connectivity index (χ4v) is 5.28. The summed E-state index contributed by atoms with van der Waals surface area (Å²) in [6.07, 6.45) is 6.80. The Hall–Kier alpha value is 0.230. The third-order valence-electron chi connectivity index (χ3n) is 3.08. The minimum atomic E-state index is -1.88. The predicted molar refractivity (Wildman–Crippen MR) is 76.0 cm³/mol. The summed E-state index contributed by atoms with van der Waals surface area (Å²) >= 11 is 0. The van der Waals surface area contributed by atoms with Gasteiger partial charge in [-0.05, 0) is 24.4 Å². The van der Waals surface area contributed by atoms with E-state index in [1.165, 1.54) is 19.3 Å². The zero-order valence-electron chi connectivity index (χ0n) is 12.2. The normalized spacial score (nSPS) is 18.1. The number of hydrogen-bond donors (Lipinski definition) is 0. The van der Waals surface area contributed by atoms with E-state index in [0.29, 0.717) is 0 Å². The van der Waals surface area contributed by atoms with Gasteiger partial charge in [0.2, 0.25) is 0 Å². The Bertz CT molecular complexity index is 227. The van der Waals surface area contributed by atoms with Crippen LogP contribution in [0.25, 0.3) is 0 Å². The highest BCUT2D eigenvalue weighted by Crippen LogP contribution is 2.47. The van der Waals surface area contributed by atoms with Crippen molar-refractivity contribution in [1.29, 1.82) is 0 Å². The van der Waals surface area contributed by atoms with E-state index in [9.17, 15) is 4.57 Å². The second-order valence-electron chi connectivity index (χ2n) is 6.75. The highest BCUT2D eigenvalue weighted by Gasteiger charge is 2.23. The van der Waals surface area contributed by atoms with Crippen LogP contribution in [0.5, 0.6) is 0 Å². The molecular weight excluding hydrogens is 215 g/mol. The third-order valence-corrected chi connectivity index (χ3v) is 5.96. The van der Waals surface area contributed by atoms with Gasteiger partial charge in [0, 0.05) is 12.3 Å². The molecule has 0 amide bonds. The van der Waals surface area contributed by atoms with Crippen molar-refractivity contribution < 1.29 is 4.57 Å². The lowest BCUT2D eigenvalue weighted by Gasteiger charge is -2.23. The van der Waals surface area contributed by atoms with Crippen molar-refractivity contribution in [2.45, 2.75) is 60.3 Å². The van der Waals surface area contributed by atoms with E-state index in [-0.39, 0.29) is 5.41 Å². The summed E-state index contributed by atoms with van der Waals surface area (Å²) in [7, 11) is -1.88. The molecule has 0 radical (unpaired) electrons. The molecular formula is C14H31OP. The standard InChI is InChI=1S/C14H31OP/c1-7-13(2)10-8-9-11-16(6,15)12-14(3,4)5/h13H,7-12H2,1-6H3. The summed E-state index contributed by atoms with van der Waals surface area (Å²) in [4.78, 5) is 0. The maximum atomic E-state index is 12.3. The van der Waals surface area contributed by atoms with E-state index in [1.807, 2.05) is 6.66 Å². The van der Waals surface area contributed by atoms with Crippen molar-refractivity contribution in [2.75, 3.05) is 19.0 Å². The molecule has 16 heavy (non-hydrogen) atoms. The Kier molecular flexibility index (Phi) is 6.94. The predicted octanol–water partition coefficient (Wildman–Crippen LogP) is 5.24. The van der Waals surface area contributed by atoms with Crippen LogP contribution in [0.15, 0.2) is 0 Å². The van der Waals surface area contributed by atoms with Crippen LogP contribution >= 0.6 is 7.14 Å². The summed E-state index contributed by atoms with van der Waals surface area (Å²) in [5, 5.41) is 0. The summed E-state index contributed by atoms with van der Waals surface area (Å²) in [6, 6.07) is 0. The molecule has 0 aromatic rings. The zero-order valence-corrected chi connectivity index (χ0v) is 13.1. The van der Waals surface area contributed by atoms with Crippen LogP contribution in [-0.4, -0.2) is 19.0 Å². The minimum Gasteiger partial charge on any atom is -0.324 e. The zero-order chi connectivity index (χ0) is 12.8. The highest BCUT2D eigenvalue weighted by molar-refractivity contribution is 7.63. The molecule has 0 rings (SSSR count). The van der Waals surface area contributed by atoms with Gasteiger partial charge in [-0.3, -0.25) is 0 Å². The van der Waals surface area contributed by atoms with Gasteiger partial charge in [0.25, 0.3) is 0 Å². The van der Waals surface area contributed by atoms with Gasteiger partial charge in [-0.1, -0.05) is 53.9 Å². The van der Waals surface area contributed by atoms with E-state index >= 15 is 0 Å². The first-order valence-corrected chi connectivity index (χ1v) is 9.24. The van der Waals surface area contributed by atoms with E-state index < -0.39 is 7.14 Å². The fourth-order valence-electron chi connectivity index (χ4n) is 2.23. The second-order valence-corrected chi connectivity index (χ2v) is 10.1. The van der Waals surface area contributed by atoms with Crippen LogP contribution in [0.3, 0.4) is 0 Å². The molecule has 1 nitrogen and oxygen atoms in total. The van der Waals surface area contributed by atoms with Crippen LogP contribution in [-0.2, 0) is 4.57 Å². The average Bonchev–Trinajstić information content (AvgIpc) is 2.08. The first-order chi connectivity index (χ1) is 7.16. The molecule has 98 valence electrons. The summed E-state index contributed by atoms with van der Waals surface area (Å²) < 4.78 is 12.3. The number of unbranched alkanes of at least 4 members (excludes halogenated alkanes) is 1. The maximum absolute atomic E-state index is 12.3. The molecule has 0 N–H and O–H groups in total. The van der Waals surface area contributed by atoms with Crippen LogP contribution < -0.4 is 0 Å². The van der Waals surface area contributed by atoms with Gasteiger partial charge in [0.1, 0.15) is 0 Å². The molecule has 2 unspecified atom stereocenters. The smallest absolute Gasteiger partial charge is 0.0853 e. The quantitative estimate of drug-likeness (QED) is 0.443. The van der Waals surface area contributed by atoms with Crippen LogP contribution in [0.2, 0.25) is 0 Å². The highest BCUT2D eigenvalue weighted by atomic mass is 31.2. The van der Waals surface area contributed by atoms with E-state index in [4.69, 9.17) is 0 Å². The van der Waals surface area contributed by atoms with Crippen molar-refractivity contribution in [1.82, 2.24) is 0 Å². The van der Waals surface area contributed by atoms with Crippen molar-refractivity contribution in [3.63, 3.8) is 0 Å². The number of rotatable bonds is 7. The SMILES string of the molecule is CCC(C)CCCCP(C)(=O)CC(C)(C)C. The summed E-state index contributed by atoms with van der Waals surface area (Å²) in [6.45, 7) is 13.1. The average molecular weight is 246 g/mol. The molecule has 0 aliphatic heterocycles. The van der Waals surface area contributed by atoms with Crippen molar-refractivity contribution in [3.05, 3.63) is 0 Å². The molecule has 0 aliphatic carbocycles. The molecule has 2 atom stereocenters. The second kappa shape index (κ2) is 6.84. The summed E-state index contributed by atoms with van der Waals surface area (Å²) in [5.74, 6) is 0.832. The van der Waals surface area contributed by atoms with Gasteiger partial charge in [0.15, 0.2) is 0 Å². The molecule has 0 spiro atoms. The molecule has 0 aliphatic rings. The first-order valence-electron chi connectivity index (χ1n) is 6.72. The van der Waals surface area contributed by atoms with Crippen molar-refractivity contribution in [3.8, 4) is 0 Å². The van der Waals surface area contributed by atoms with Crippen molar-refractivity contribution >= 4 is 7.14 Å². The van der Waals surface area contributed by atoms with Gasteiger partial charge in [-0.15, -0.1) is 0 Å². The minimum absolute atomic E-state index is 0.209. The van der Waals surface area contributed by atoms with Gasteiger partial charge in [-0.25, -0.2) is 0 Å². The Morgan fingerprint density at radius 3 is 2.19 bits per heavy atom. The lowest BCUT2D eigenvalue weighted by molar-refractivity contribution is 0.459. The molecule has 0 saturated carbocycles. The monoisotopic (exact) mass is 246 g/mol. The first kappa shape index (κ1) is 16.2. The fraction of sp³-hybridized carbons (Fsp3) is 1.00. The Labute approximate surface area is 103 Å². The third kappa shape index (κ3) is 9.46. The van der Waals surface area contributed by atoms with Crippen LogP contribution in [0.1, 0.15) is 60.3 Å². The van der Waals surface area contributed by atoms with Gasteiger partial charge >= 0.3 is 0 Å². The molecule has 0 bridgehead atoms. The Balaban J connectivity index is 3.79. The lowest BCUT2D eigenvalue weighted by Crippen LogP contribution is -2.13. The van der Waals surface area contributed by atoms with Crippen molar-refractivity contribution in [2.24, 2.45) is 11.3 Å². The molecule has 0 heterocycles. The molecule has 0 aromatic carbocycles. The lowest BCUT2D eigenvalue weighted by atomic mass is 10.0. The van der Waals surface area contributed by atoms with E-state index in [0.717, 1.165) is 24.7 Å². The van der Waals surface area contributed by atoms with Crippen LogP contribution in [0.4, 0.5) is 0 Å². The maximum Gasteiger partial charge on any atom is 0.0853 e. The van der Waals surface area contributed by atoms with Crippen LogP contribution in [0, 0.1) is 11.3 Å². The van der Waals surface area contributed by atoms with E-state index in [2.05, 4.69) is 34.6 Å². The van der Waals surface area contributed by atoms with E-state index in [1.54, 1.807) is 0 Å². The number of hydrogen-bond acceptors (Lipinski definition) is 1. The Morgan fingerprint density at radius 2 is 1.75 bits per heavy atom. The van der Waals surface area contributed by atoms with Gasteiger partial charge in [-0.2, -0.15) is 0 Å². The topological polar surface area (TPSA) is 17.1 Å². The summed E-state index contributed by atoms with van der Waals surface area (Å²) in [5.41, 5.74) is 0.209. The Morgan fingerprint density at radius 1 is 1.19 bits per heavy atom. The van der Waals surface area contributed by atoms with Gasteiger partial charge < -0.3 is 4.57 Å². The molecule has 0 saturated heterocycles.